The predicted octanol–water partition coefficient (Wildman–Crippen LogP) is 2.90. The highest BCUT2D eigenvalue weighted by Crippen LogP contribution is 2.23. The van der Waals surface area contributed by atoms with Crippen LogP contribution in [0.25, 0.3) is 0 Å². The van der Waals surface area contributed by atoms with Gasteiger partial charge in [-0.15, -0.1) is 12.6 Å². The van der Waals surface area contributed by atoms with Crippen molar-refractivity contribution in [1.82, 2.24) is 9.80 Å². The van der Waals surface area contributed by atoms with Crippen LogP contribution in [-0.4, -0.2) is 48.9 Å². The molecule has 3 nitrogen and oxygen atoms in total. The van der Waals surface area contributed by atoms with Crippen molar-refractivity contribution in [2.24, 2.45) is 0 Å². The molecule has 0 N–H and O–H groups in total. The van der Waals surface area contributed by atoms with Gasteiger partial charge in [0, 0.05) is 28.5 Å². The van der Waals surface area contributed by atoms with Crippen molar-refractivity contribution in [3.63, 3.8) is 0 Å². The lowest BCUT2D eigenvalue weighted by atomic mass is 10.0. The van der Waals surface area contributed by atoms with Gasteiger partial charge in [-0.2, -0.15) is 0 Å². The number of nitrogens with zero attached hydrogens (tertiary/aromatic N) is 2. The molecule has 0 spiro atoms. The summed E-state index contributed by atoms with van der Waals surface area (Å²) in [6.07, 6.45) is 2.22. The fourth-order valence-electron chi connectivity index (χ4n) is 2.42. The lowest BCUT2D eigenvalue weighted by Crippen LogP contribution is -2.47. The van der Waals surface area contributed by atoms with Crippen LogP contribution < -0.4 is 0 Å². The summed E-state index contributed by atoms with van der Waals surface area (Å²) < 4.78 is 0.943. The van der Waals surface area contributed by atoms with E-state index in [0.29, 0.717) is 11.6 Å². The van der Waals surface area contributed by atoms with Gasteiger partial charge < -0.3 is 9.80 Å². The number of carbonyl (C=O) groups is 1. The van der Waals surface area contributed by atoms with E-state index in [1.54, 1.807) is 0 Å². The van der Waals surface area contributed by atoms with Gasteiger partial charge in [0.15, 0.2) is 0 Å². The minimum absolute atomic E-state index is 0.0871. The number of halogens is 1. The maximum Gasteiger partial charge on any atom is 0.255 e. The maximum absolute atomic E-state index is 12.5. The second-order valence-corrected chi connectivity index (χ2v) is 6.57. The summed E-state index contributed by atoms with van der Waals surface area (Å²) in [4.78, 5) is 17.4. The van der Waals surface area contributed by atoms with Crippen LogP contribution in [0.15, 0.2) is 27.6 Å². The minimum atomic E-state index is 0.0871. The van der Waals surface area contributed by atoms with Crippen LogP contribution in [0, 0.1) is 0 Å². The van der Waals surface area contributed by atoms with E-state index in [-0.39, 0.29) is 5.91 Å². The fraction of sp³-hybridized carbons (Fsp3) is 0.500. The van der Waals surface area contributed by atoms with Crippen molar-refractivity contribution in [1.29, 1.82) is 0 Å². The van der Waals surface area contributed by atoms with Crippen LogP contribution in [0.3, 0.4) is 0 Å². The van der Waals surface area contributed by atoms with Gasteiger partial charge in [-0.05, 0) is 45.1 Å². The number of amides is 1. The summed E-state index contributed by atoms with van der Waals surface area (Å²) in [6, 6.07) is 6.05. The van der Waals surface area contributed by atoms with Crippen LogP contribution in [0.5, 0.6) is 0 Å². The topological polar surface area (TPSA) is 23.6 Å². The van der Waals surface area contributed by atoms with Gasteiger partial charge in [0.2, 0.25) is 0 Å². The Labute approximate surface area is 128 Å². The number of thiol groups is 1. The Kier molecular flexibility index (Phi) is 4.92. The molecule has 1 aliphatic heterocycles. The summed E-state index contributed by atoms with van der Waals surface area (Å²) >= 11 is 7.79. The van der Waals surface area contributed by atoms with Crippen LogP contribution in [0.4, 0.5) is 0 Å². The molecule has 1 heterocycles. The first-order valence-electron chi connectivity index (χ1n) is 6.43. The first-order chi connectivity index (χ1) is 8.99. The molecule has 1 aromatic carbocycles. The number of likely N-dealkylation sites (tertiary alicyclic amines) is 1. The minimum Gasteiger partial charge on any atom is -0.337 e. The molecule has 0 bridgehead atoms. The van der Waals surface area contributed by atoms with Gasteiger partial charge in [-0.25, -0.2) is 0 Å². The number of rotatable bonds is 2. The first-order valence-corrected chi connectivity index (χ1v) is 7.67. The molecular formula is C14H19BrN2OS. The Hall–Kier alpha value is -0.520. The van der Waals surface area contributed by atoms with E-state index in [0.717, 1.165) is 35.3 Å². The Morgan fingerprint density at radius 1 is 1.47 bits per heavy atom. The zero-order chi connectivity index (χ0) is 14.0. The molecule has 0 saturated carbocycles. The number of piperidine rings is 1. The molecule has 19 heavy (non-hydrogen) atoms. The highest BCUT2D eigenvalue weighted by molar-refractivity contribution is 9.10. The van der Waals surface area contributed by atoms with Gasteiger partial charge in [-0.1, -0.05) is 15.9 Å². The lowest BCUT2D eigenvalue weighted by Gasteiger charge is -2.36. The second kappa shape index (κ2) is 6.29. The molecule has 0 aliphatic carbocycles. The van der Waals surface area contributed by atoms with E-state index in [4.69, 9.17) is 0 Å². The summed E-state index contributed by atoms with van der Waals surface area (Å²) in [5.74, 6) is 0.0871. The van der Waals surface area contributed by atoms with Crippen LogP contribution in [0.2, 0.25) is 0 Å². The van der Waals surface area contributed by atoms with E-state index in [1.165, 1.54) is 0 Å². The highest BCUT2D eigenvalue weighted by Gasteiger charge is 2.26. The molecular weight excluding hydrogens is 324 g/mol. The Bertz CT molecular complexity index is 479. The molecule has 0 radical (unpaired) electrons. The Balaban J connectivity index is 2.15. The van der Waals surface area contributed by atoms with E-state index in [2.05, 4.69) is 47.6 Å². The smallest absolute Gasteiger partial charge is 0.255 e. The monoisotopic (exact) mass is 342 g/mol. The summed E-state index contributed by atoms with van der Waals surface area (Å²) in [6.45, 7) is 1.64. The van der Waals surface area contributed by atoms with Crippen LogP contribution in [-0.2, 0) is 0 Å². The highest BCUT2D eigenvalue weighted by atomic mass is 79.9. The molecule has 1 unspecified atom stereocenters. The molecule has 1 atom stereocenters. The standard InChI is InChI=1S/C14H19BrN2OS/c1-16(2)11-4-3-7-17(9-11)14(18)12-6-5-10(15)8-13(12)19/h5-6,8,11,19H,3-4,7,9H2,1-2H3. The summed E-state index contributed by atoms with van der Waals surface area (Å²) in [7, 11) is 4.14. The number of benzene rings is 1. The molecule has 2 rings (SSSR count). The van der Waals surface area contributed by atoms with E-state index in [1.807, 2.05) is 23.1 Å². The number of hydrogen-bond acceptors (Lipinski definition) is 3. The fourth-order valence-corrected chi connectivity index (χ4v) is 3.26. The zero-order valence-corrected chi connectivity index (χ0v) is 13.7. The van der Waals surface area contributed by atoms with Gasteiger partial charge in [0.25, 0.3) is 5.91 Å². The third-order valence-corrected chi connectivity index (χ3v) is 4.47. The Morgan fingerprint density at radius 2 is 2.21 bits per heavy atom. The van der Waals surface area contributed by atoms with E-state index < -0.39 is 0 Å². The van der Waals surface area contributed by atoms with Crippen LogP contribution >= 0.6 is 28.6 Å². The second-order valence-electron chi connectivity index (χ2n) is 5.17. The quantitative estimate of drug-likeness (QED) is 0.835. The molecule has 1 saturated heterocycles. The van der Waals surface area contributed by atoms with E-state index >= 15 is 0 Å². The molecule has 104 valence electrons. The third-order valence-electron chi connectivity index (χ3n) is 3.60. The van der Waals surface area contributed by atoms with Crippen molar-refractivity contribution >= 4 is 34.5 Å². The Morgan fingerprint density at radius 3 is 2.84 bits per heavy atom. The van der Waals surface area contributed by atoms with Crippen LogP contribution in [0.1, 0.15) is 23.2 Å². The van der Waals surface area contributed by atoms with Crippen molar-refractivity contribution < 1.29 is 4.79 Å². The maximum atomic E-state index is 12.5. The summed E-state index contributed by atoms with van der Waals surface area (Å²) in [5.41, 5.74) is 0.686. The lowest BCUT2D eigenvalue weighted by molar-refractivity contribution is 0.0632. The molecule has 1 aromatic rings. The average Bonchev–Trinajstić information content (AvgIpc) is 2.38. The van der Waals surface area contributed by atoms with Crippen molar-refractivity contribution in [3.8, 4) is 0 Å². The van der Waals surface area contributed by atoms with Gasteiger partial charge >= 0.3 is 0 Å². The van der Waals surface area contributed by atoms with Gasteiger partial charge in [-0.3, -0.25) is 4.79 Å². The molecule has 1 aliphatic rings. The number of likely N-dealkylation sites (N-methyl/N-ethyl adjacent to an activating group) is 1. The molecule has 5 heteroatoms. The van der Waals surface area contributed by atoms with Crippen molar-refractivity contribution in [2.45, 2.75) is 23.8 Å². The number of carbonyl (C=O) groups excluding carboxylic acids is 1. The predicted molar refractivity (Wildman–Crippen MR) is 84.0 cm³/mol. The van der Waals surface area contributed by atoms with Crippen molar-refractivity contribution in [3.05, 3.63) is 28.2 Å². The largest absolute Gasteiger partial charge is 0.337 e. The first kappa shape index (κ1) is 14.9. The average molecular weight is 343 g/mol. The molecule has 1 amide bonds. The third kappa shape index (κ3) is 3.52. The summed E-state index contributed by atoms with van der Waals surface area (Å²) in [5, 5.41) is 0. The zero-order valence-electron chi connectivity index (χ0n) is 11.3. The van der Waals surface area contributed by atoms with Gasteiger partial charge in [0.05, 0.1) is 5.56 Å². The molecule has 0 aromatic heterocycles. The SMILES string of the molecule is CN(C)C1CCCN(C(=O)c2ccc(Br)cc2S)C1. The van der Waals surface area contributed by atoms with Crippen molar-refractivity contribution in [2.75, 3.05) is 27.2 Å². The van der Waals surface area contributed by atoms with E-state index in [9.17, 15) is 4.79 Å². The number of hydrogen-bond donors (Lipinski definition) is 1. The molecule has 1 fully saturated rings. The normalized spacial score (nSPS) is 19.8. The van der Waals surface area contributed by atoms with Gasteiger partial charge in [0.1, 0.15) is 0 Å².